The van der Waals surface area contributed by atoms with Gasteiger partial charge in [0.05, 0.1) is 0 Å². The van der Waals surface area contributed by atoms with Crippen LogP contribution in [0.4, 0.5) is 0 Å². The van der Waals surface area contributed by atoms with Crippen molar-refractivity contribution in [2.45, 2.75) is 38.8 Å². The van der Waals surface area contributed by atoms with Gasteiger partial charge < -0.3 is 15.7 Å². The van der Waals surface area contributed by atoms with Crippen molar-refractivity contribution in [1.29, 1.82) is 0 Å². The van der Waals surface area contributed by atoms with E-state index in [0.717, 1.165) is 24.3 Å². The molecule has 0 saturated heterocycles. The average Bonchev–Trinajstić information content (AvgIpc) is 2.86. The molecule has 3 N–H and O–H groups in total. The molecule has 18 heavy (non-hydrogen) atoms. The number of thiophene rings is 1. The molecule has 0 spiro atoms. The number of carbonyl (C=O) groups is 1. The topological polar surface area (TPSA) is 61.4 Å². The van der Waals surface area contributed by atoms with E-state index < -0.39 is 6.10 Å². The van der Waals surface area contributed by atoms with Gasteiger partial charge >= 0.3 is 0 Å². The van der Waals surface area contributed by atoms with Gasteiger partial charge in [-0.2, -0.15) is 0 Å². The predicted molar refractivity (Wildman–Crippen MR) is 74.7 cm³/mol. The second-order valence-electron chi connectivity index (χ2n) is 4.27. The summed E-state index contributed by atoms with van der Waals surface area (Å²) in [5.41, 5.74) is 0. The molecule has 4 nitrogen and oxygen atoms in total. The van der Waals surface area contributed by atoms with Crippen LogP contribution >= 0.6 is 11.3 Å². The van der Waals surface area contributed by atoms with Crippen molar-refractivity contribution in [3.63, 3.8) is 0 Å². The van der Waals surface area contributed by atoms with Crippen molar-refractivity contribution in [3.8, 4) is 0 Å². The Balaban J connectivity index is 2.27. The maximum Gasteiger partial charge on any atom is 0.216 e. The number of aliphatic hydroxyl groups excluding tert-OH is 1. The smallest absolute Gasteiger partial charge is 0.216 e. The number of carbonyl (C=O) groups excluding carboxylic acids is 1. The minimum atomic E-state index is -0.448. The monoisotopic (exact) mass is 270 g/mol. The van der Waals surface area contributed by atoms with E-state index in [0.29, 0.717) is 6.54 Å². The van der Waals surface area contributed by atoms with Gasteiger partial charge in [-0.3, -0.25) is 4.79 Å². The summed E-state index contributed by atoms with van der Waals surface area (Å²) >= 11 is 1.58. The molecule has 1 aromatic rings. The second kappa shape index (κ2) is 8.24. The Labute approximate surface area is 112 Å². The Morgan fingerprint density at radius 1 is 1.50 bits per heavy atom. The molecule has 2 unspecified atom stereocenters. The van der Waals surface area contributed by atoms with Crippen LogP contribution in [-0.4, -0.2) is 30.1 Å². The van der Waals surface area contributed by atoms with Gasteiger partial charge in [-0.25, -0.2) is 0 Å². The van der Waals surface area contributed by atoms with E-state index in [2.05, 4.69) is 17.6 Å². The summed E-state index contributed by atoms with van der Waals surface area (Å²) in [5, 5.41) is 18.3. The highest BCUT2D eigenvalue weighted by molar-refractivity contribution is 7.10. The molecule has 0 radical (unpaired) electrons. The van der Waals surface area contributed by atoms with E-state index in [1.54, 1.807) is 11.3 Å². The Hall–Kier alpha value is -0.910. The summed E-state index contributed by atoms with van der Waals surface area (Å²) < 4.78 is 0. The number of hydrogen-bond donors (Lipinski definition) is 3. The predicted octanol–water partition coefficient (Wildman–Crippen LogP) is 1.68. The van der Waals surface area contributed by atoms with Gasteiger partial charge in [0.1, 0.15) is 6.10 Å². The SMILES string of the molecule is CCC(NCCCNC(C)=O)C(O)c1cccs1. The van der Waals surface area contributed by atoms with Crippen LogP contribution in [0.1, 0.15) is 37.7 Å². The van der Waals surface area contributed by atoms with Crippen molar-refractivity contribution in [3.05, 3.63) is 22.4 Å². The Morgan fingerprint density at radius 2 is 2.28 bits per heavy atom. The highest BCUT2D eigenvalue weighted by Crippen LogP contribution is 2.23. The Morgan fingerprint density at radius 3 is 2.83 bits per heavy atom. The third kappa shape index (κ3) is 5.16. The molecule has 0 aliphatic heterocycles. The van der Waals surface area contributed by atoms with Gasteiger partial charge in [0.15, 0.2) is 0 Å². The van der Waals surface area contributed by atoms with Crippen LogP contribution in [0.2, 0.25) is 0 Å². The number of nitrogens with one attached hydrogen (secondary N) is 2. The average molecular weight is 270 g/mol. The summed E-state index contributed by atoms with van der Waals surface area (Å²) in [6.07, 6.45) is 1.29. The van der Waals surface area contributed by atoms with E-state index in [4.69, 9.17) is 0 Å². The van der Waals surface area contributed by atoms with Crippen molar-refractivity contribution < 1.29 is 9.90 Å². The van der Waals surface area contributed by atoms with Crippen LogP contribution in [0, 0.1) is 0 Å². The lowest BCUT2D eigenvalue weighted by Crippen LogP contribution is -2.36. The zero-order chi connectivity index (χ0) is 13.4. The summed E-state index contributed by atoms with van der Waals surface area (Å²) in [6, 6.07) is 3.98. The highest BCUT2D eigenvalue weighted by Gasteiger charge is 2.19. The fraction of sp³-hybridized carbons (Fsp3) is 0.615. The first-order valence-corrected chi connectivity index (χ1v) is 7.22. The van der Waals surface area contributed by atoms with Crippen LogP contribution in [0.25, 0.3) is 0 Å². The molecule has 102 valence electrons. The van der Waals surface area contributed by atoms with Gasteiger partial charge in [0.2, 0.25) is 5.91 Å². The van der Waals surface area contributed by atoms with Crippen molar-refractivity contribution in [1.82, 2.24) is 10.6 Å². The molecule has 0 aliphatic rings. The first-order valence-electron chi connectivity index (χ1n) is 6.34. The minimum absolute atomic E-state index is 0.000613. The third-order valence-corrected chi connectivity index (χ3v) is 3.73. The quantitative estimate of drug-likeness (QED) is 0.630. The Kier molecular flexibility index (Phi) is 6.93. The van der Waals surface area contributed by atoms with Crippen molar-refractivity contribution >= 4 is 17.2 Å². The molecular formula is C13H22N2O2S. The van der Waals surface area contributed by atoms with Crippen LogP contribution in [0.15, 0.2) is 17.5 Å². The zero-order valence-corrected chi connectivity index (χ0v) is 11.8. The molecule has 0 aromatic carbocycles. The minimum Gasteiger partial charge on any atom is -0.386 e. The molecule has 1 rings (SSSR count). The van der Waals surface area contributed by atoms with Gasteiger partial charge in [-0.15, -0.1) is 11.3 Å². The van der Waals surface area contributed by atoms with Gasteiger partial charge in [-0.1, -0.05) is 13.0 Å². The molecular weight excluding hydrogens is 248 g/mol. The standard InChI is InChI=1S/C13H22N2O2S/c1-3-11(13(17)12-6-4-9-18-12)15-8-5-7-14-10(2)16/h4,6,9,11,13,15,17H,3,5,7-8H2,1-2H3,(H,14,16). The molecule has 0 aliphatic carbocycles. The lowest BCUT2D eigenvalue weighted by atomic mass is 10.1. The van der Waals surface area contributed by atoms with E-state index in [9.17, 15) is 9.90 Å². The third-order valence-electron chi connectivity index (χ3n) is 2.79. The number of aliphatic hydroxyl groups is 1. The molecule has 0 fully saturated rings. The maximum absolute atomic E-state index is 10.7. The summed E-state index contributed by atoms with van der Waals surface area (Å²) in [5.74, 6) is 0.000613. The largest absolute Gasteiger partial charge is 0.386 e. The van der Waals surface area contributed by atoms with Crippen LogP contribution in [0.3, 0.4) is 0 Å². The van der Waals surface area contributed by atoms with E-state index in [-0.39, 0.29) is 11.9 Å². The van der Waals surface area contributed by atoms with Gasteiger partial charge in [0.25, 0.3) is 0 Å². The first-order chi connectivity index (χ1) is 8.65. The second-order valence-corrected chi connectivity index (χ2v) is 5.24. The molecule has 1 heterocycles. The highest BCUT2D eigenvalue weighted by atomic mass is 32.1. The zero-order valence-electron chi connectivity index (χ0n) is 11.0. The lowest BCUT2D eigenvalue weighted by molar-refractivity contribution is -0.118. The van der Waals surface area contributed by atoms with Gasteiger partial charge in [0, 0.05) is 24.4 Å². The molecule has 5 heteroatoms. The number of amides is 1. The molecule has 1 amide bonds. The maximum atomic E-state index is 10.7. The number of rotatable bonds is 8. The normalized spacial score (nSPS) is 14.2. The van der Waals surface area contributed by atoms with Crippen molar-refractivity contribution in [2.75, 3.05) is 13.1 Å². The van der Waals surface area contributed by atoms with E-state index >= 15 is 0 Å². The summed E-state index contributed by atoms with van der Waals surface area (Å²) in [6.45, 7) is 5.04. The first kappa shape index (κ1) is 15.1. The van der Waals surface area contributed by atoms with Crippen LogP contribution in [0.5, 0.6) is 0 Å². The van der Waals surface area contributed by atoms with Crippen molar-refractivity contribution in [2.24, 2.45) is 0 Å². The van der Waals surface area contributed by atoms with Crippen LogP contribution in [-0.2, 0) is 4.79 Å². The number of hydrogen-bond acceptors (Lipinski definition) is 4. The van der Waals surface area contributed by atoms with Crippen LogP contribution < -0.4 is 10.6 Å². The summed E-state index contributed by atoms with van der Waals surface area (Å²) in [4.78, 5) is 11.7. The molecule has 0 bridgehead atoms. The van der Waals surface area contributed by atoms with E-state index in [1.165, 1.54) is 6.92 Å². The molecule has 2 atom stereocenters. The Bertz CT molecular complexity index is 341. The fourth-order valence-corrected chi connectivity index (χ4v) is 2.55. The fourth-order valence-electron chi connectivity index (χ4n) is 1.78. The molecule has 0 saturated carbocycles. The summed E-state index contributed by atoms with van der Waals surface area (Å²) in [7, 11) is 0. The molecule has 1 aromatic heterocycles. The lowest BCUT2D eigenvalue weighted by Gasteiger charge is -2.22. The van der Waals surface area contributed by atoms with Gasteiger partial charge in [-0.05, 0) is 30.8 Å². The van der Waals surface area contributed by atoms with E-state index in [1.807, 2.05) is 17.5 Å².